The van der Waals surface area contributed by atoms with Gasteiger partial charge < -0.3 is 14.4 Å². The van der Waals surface area contributed by atoms with Crippen LogP contribution in [0.3, 0.4) is 0 Å². The van der Waals surface area contributed by atoms with Gasteiger partial charge in [-0.15, -0.1) is 0 Å². The highest BCUT2D eigenvalue weighted by Gasteiger charge is 2.27. The highest BCUT2D eigenvalue weighted by Crippen LogP contribution is 2.32. The molecule has 0 N–H and O–H groups in total. The minimum absolute atomic E-state index is 0.0567. The number of aromatic nitrogens is 1. The number of carbonyl (C=O) groups is 1. The first-order valence-electron chi connectivity index (χ1n) is 11.4. The Morgan fingerprint density at radius 2 is 1.44 bits per heavy atom. The standard InChI is InChI=1S/C28H25Cl2N3O/c1-20-24(28(34)32-17-15-31(16-18-32)26-10-6-5-9-25(26)30)19-27(21-11-13-22(29)14-12-21)33(20)23-7-3-2-4-8-23/h2-14,19H,15-18H2,1H3. The minimum Gasteiger partial charge on any atom is -0.367 e. The zero-order valence-electron chi connectivity index (χ0n) is 18.9. The van der Waals surface area contributed by atoms with Gasteiger partial charge in [0.2, 0.25) is 0 Å². The molecule has 0 bridgehead atoms. The molecule has 5 rings (SSSR count). The van der Waals surface area contributed by atoms with Crippen LogP contribution in [-0.4, -0.2) is 41.6 Å². The SMILES string of the molecule is Cc1c(C(=O)N2CCN(c3ccccc3Cl)CC2)cc(-c2ccc(Cl)cc2)n1-c1ccccc1. The molecule has 0 radical (unpaired) electrons. The van der Waals surface area contributed by atoms with E-state index in [-0.39, 0.29) is 5.91 Å². The summed E-state index contributed by atoms with van der Waals surface area (Å²) in [6.07, 6.45) is 0. The van der Waals surface area contributed by atoms with Crippen LogP contribution in [0.5, 0.6) is 0 Å². The van der Waals surface area contributed by atoms with Crippen LogP contribution in [0.2, 0.25) is 10.0 Å². The number of hydrogen-bond donors (Lipinski definition) is 0. The first-order chi connectivity index (χ1) is 16.5. The molecule has 2 heterocycles. The molecular formula is C28H25Cl2N3O. The Labute approximate surface area is 209 Å². The third-order valence-corrected chi connectivity index (χ3v) is 6.96. The van der Waals surface area contributed by atoms with Crippen molar-refractivity contribution < 1.29 is 4.79 Å². The number of para-hydroxylation sites is 2. The van der Waals surface area contributed by atoms with Gasteiger partial charge in [0, 0.05) is 42.6 Å². The predicted molar refractivity (Wildman–Crippen MR) is 141 cm³/mol. The van der Waals surface area contributed by atoms with Gasteiger partial charge in [0.25, 0.3) is 5.91 Å². The Morgan fingerprint density at radius 3 is 2.12 bits per heavy atom. The Morgan fingerprint density at radius 1 is 0.794 bits per heavy atom. The third-order valence-electron chi connectivity index (χ3n) is 6.39. The van der Waals surface area contributed by atoms with Gasteiger partial charge in [-0.25, -0.2) is 0 Å². The summed E-state index contributed by atoms with van der Waals surface area (Å²) < 4.78 is 2.15. The van der Waals surface area contributed by atoms with Crippen LogP contribution in [0.1, 0.15) is 16.1 Å². The van der Waals surface area contributed by atoms with Crippen molar-refractivity contribution in [2.75, 3.05) is 31.1 Å². The van der Waals surface area contributed by atoms with E-state index in [1.165, 1.54) is 0 Å². The molecule has 0 atom stereocenters. The fraction of sp³-hybridized carbons (Fsp3) is 0.179. The molecule has 1 saturated heterocycles. The highest BCUT2D eigenvalue weighted by molar-refractivity contribution is 6.33. The number of carbonyl (C=O) groups excluding carboxylic acids is 1. The number of piperazine rings is 1. The number of benzene rings is 3. The molecular weight excluding hydrogens is 465 g/mol. The molecule has 0 saturated carbocycles. The van der Waals surface area contributed by atoms with E-state index in [0.717, 1.165) is 52.0 Å². The lowest BCUT2D eigenvalue weighted by atomic mass is 10.1. The van der Waals surface area contributed by atoms with Crippen LogP contribution < -0.4 is 4.90 Å². The second kappa shape index (κ2) is 9.57. The van der Waals surface area contributed by atoms with E-state index in [0.29, 0.717) is 18.1 Å². The van der Waals surface area contributed by atoms with E-state index in [2.05, 4.69) is 21.6 Å². The van der Waals surface area contributed by atoms with Gasteiger partial charge in [-0.3, -0.25) is 4.79 Å². The summed E-state index contributed by atoms with van der Waals surface area (Å²) in [6, 6.07) is 27.7. The maximum Gasteiger partial charge on any atom is 0.255 e. The third kappa shape index (κ3) is 4.31. The normalized spacial score (nSPS) is 13.9. The molecule has 6 heteroatoms. The van der Waals surface area contributed by atoms with E-state index >= 15 is 0 Å². The van der Waals surface area contributed by atoms with Crippen molar-refractivity contribution in [3.63, 3.8) is 0 Å². The van der Waals surface area contributed by atoms with Gasteiger partial charge in [0.1, 0.15) is 0 Å². The van der Waals surface area contributed by atoms with Crippen LogP contribution in [0.4, 0.5) is 5.69 Å². The summed E-state index contributed by atoms with van der Waals surface area (Å²) in [4.78, 5) is 17.8. The average Bonchev–Trinajstić information content (AvgIpc) is 3.22. The second-order valence-corrected chi connectivity index (χ2v) is 9.28. The maximum absolute atomic E-state index is 13.7. The van der Waals surface area contributed by atoms with Crippen LogP contribution in [0, 0.1) is 6.92 Å². The number of amides is 1. The minimum atomic E-state index is 0.0567. The number of nitrogens with zero attached hydrogens (tertiary/aromatic N) is 3. The van der Waals surface area contributed by atoms with Crippen LogP contribution in [0.15, 0.2) is 84.9 Å². The predicted octanol–water partition coefficient (Wildman–Crippen LogP) is 6.72. The molecule has 1 aliphatic rings. The van der Waals surface area contributed by atoms with Crippen molar-refractivity contribution in [1.29, 1.82) is 0 Å². The molecule has 172 valence electrons. The monoisotopic (exact) mass is 489 g/mol. The highest BCUT2D eigenvalue weighted by atomic mass is 35.5. The molecule has 34 heavy (non-hydrogen) atoms. The van der Waals surface area contributed by atoms with Crippen molar-refractivity contribution in [3.05, 3.63) is 106 Å². The zero-order valence-corrected chi connectivity index (χ0v) is 20.4. The Kier molecular flexibility index (Phi) is 6.36. The topological polar surface area (TPSA) is 28.5 Å². The number of anilines is 1. The van der Waals surface area contributed by atoms with E-state index in [4.69, 9.17) is 23.2 Å². The van der Waals surface area contributed by atoms with Gasteiger partial charge in [0.05, 0.1) is 22.0 Å². The summed E-state index contributed by atoms with van der Waals surface area (Å²) in [5.41, 5.74) is 5.67. The van der Waals surface area contributed by atoms with Crippen LogP contribution in [-0.2, 0) is 0 Å². The lowest BCUT2D eigenvalue weighted by molar-refractivity contribution is 0.0746. The molecule has 3 aromatic carbocycles. The molecule has 0 unspecified atom stereocenters. The van der Waals surface area contributed by atoms with E-state index in [9.17, 15) is 4.79 Å². The first kappa shape index (κ1) is 22.6. The molecule has 0 aliphatic carbocycles. The summed E-state index contributed by atoms with van der Waals surface area (Å²) >= 11 is 12.5. The van der Waals surface area contributed by atoms with Crippen molar-refractivity contribution >= 4 is 34.8 Å². The average molecular weight is 490 g/mol. The molecule has 1 aliphatic heterocycles. The smallest absolute Gasteiger partial charge is 0.255 e. The number of rotatable bonds is 4. The van der Waals surface area contributed by atoms with Crippen LogP contribution >= 0.6 is 23.2 Å². The summed E-state index contributed by atoms with van der Waals surface area (Å²) in [5, 5.41) is 1.43. The van der Waals surface area contributed by atoms with Crippen molar-refractivity contribution in [3.8, 4) is 16.9 Å². The van der Waals surface area contributed by atoms with E-state index < -0.39 is 0 Å². The van der Waals surface area contributed by atoms with E-state index in [1.54, 1.807) is 0 Å². The fourth-order valence-electron chi connectivity index (χ4n) is 4.60. The zero-order chi connectivity index (χ0) is 23.7. The molecule has 1 aromatic heterocycles. The van der Waals surface area contributed by atoms with Crippen molar-refractivity contribution in [2.45, 2.75) is 6.92 Å². The largest absolute Gasteiger partial charge is 0.367 e. The van der Waals surface area contributed by atoms with E-state index in [1.807, 2.05) is 84.6 Å². The fourth-order valence-corrected chi connectivity index (χ4v) is 4.98. The Balaban J connectivity index is 1.45. The van der Waals surface area contributed by atoms with Gasteiger partial charge in [-0.1, -0.05) is 65.7 Å². The lowest BCUT2D eigenvalue weighted by Gasteiger charge is -2.36. The second-order valence-electron chi connectivity index (χ2n) is 8.44. The molecule has 0 spiro atoms. The van der Waals surface area contributed by atoms with Crippen molar-refractivity contribution in [1.82, 2.24) is 9.47 Å². The molecule has 1 amide bonds. The number of hydrogen-bond acceptors (Lipinski definition) is 2. The first-order valence-corrected chi connectivity index (χ1v) is 12.1. The molecule has 1 fully saturated rings. The van der Waals surface area contributed by atoms with Gasteiger partial charge in [-0.05, 0) is 55.0 Å². The van der Waals surface area contributed by atoms with Gasteiger partial charge in [0.15, 0.2) is 0 Å². The Bertz CT molecular complexity index is 1310. The van der Waals surface area contributed by atoms with Crippen LogP contribution in [0.25, 0.3) is 16.9 Å². The summed E-state index contributed by atoms with van der Waals surface area (Å²) in [6.45, 7) is 4.81. The van der Waals surface area contributed by atoms with Gasteiger partial charge >= 0.3 is 0 Å². The number of halogens is 2. The molecule has 4 aromatic rings. The van der Waals surface area contributed by atoms with Gasteiger partial charge in [-0.2, -0.15) is 0 Å². The quantitative estimate of drug-likeness (QED) is 0.318. The maximum atomic E-state index is 13.7. The summed E-state index contributed by atoms with van der Waals surface area (Å²) in [5.74, 6) is 0.0567. The Hall–Kier alpha value is -3.21. The summed E-state index contributed by atoms with van der Waals surface area (Å²) in [7, 11) is 0. The molecule has 4 nitrogen and oxygen atoms in total. The van der Waals surface area contributed by atoms with Crippen molar-refractivity contribution in [2.24, 2.45) is 0 Å². The lowest BCUT2D eigenvalue weighted by Crippen LogP contribution is -2.49.